The number of aryl methyl sites for hydroxylation is 1. The SMILES string of the molecule is CC1(C)CCc2[nH]c(=O)c(C(=O)N3CCC(C(O)c4ccc(F)cc4)CC3)cc2C1. The minimum atomic E-state index is -0.683. The number of hydrogen-bond donors (Lipinski definition) is 2. The molecular weight excluding hydrogens is 383 g/mol. The minimum Gasteiger partial charge on any atom is -0.388 e. The second-order valence-electron chi connectivity index (χ2n) is 9.48. The highest BCUT2D eigenvalue weighted by atomic mass is 19.1. The van der Waals surface area contributed by atoms with Gasteiger partial charge < -0.3 is 15.0 Å². The number of likely N-dealkylation sites (tertiary alicyclic amines) is 1. The first-order valence-corrected chi connectivity index (χ1v) is 10.7. The van der Waals surface area contributed by atoms with Crippen molar-refractivity contribution in [2.45, 2.75) is 52.1 Å². The number of nitrogens with zero attached hydrogens (tertiary/aromatic N) is 1. The molecule has 2 aromatic rings. The number of hydrogen-bond acceptors (Lipinski definition) is 3. The van der Waals surface area contributed by atoms with Crippen LogP contribution in [0.3, 0.4) is 0 Å². The molecule has 2 N–H and O–H groups in total. The van der Waals surface area contributed by atoms with E-state index in [0.29, 0.717) is 31.5 Å². The number of aromatic amines is 1. The van der Waals surface area contributed by atoms with Crippen molar-refractivity contribution in [3.05, 3.63) is 68.9 Å². The zero-order valence-electron chi connectivity index (χ0n) is 17.6. The van der Waals surface area contributed by atoms with E-state index < -0.39 is 6.10 Å². The number of carbonyl (C=O) groups is 1. The number of rotatable bonds is 3. The zero-order chi connectivity index (χ0) is 21.5. The summed E-state index contributed by atoms with van der Waals surface area (Å²) in [6.07, 6.45) is 3.30. The van der Waals surface area contributed by atoms with Crippen LogP contribution in [0.1, 0.15) is 66.4 Å². The summed E-state index contributed by atoms with van der Waals surface area (Å²) in [4.78, 5) is 30.2. The smallest absolute Gasteiger partial charge is 0.261 e. The van der Waals surface area contributed by atoms with Gasteiger partial charge in [-0.15, -0.1) is 0 Å². The van der Waals surface area contributed by atoms with E-state index in [2.05, 4.69) is 18.8 Å². The Balaban J connectivity index is 1.44. The van der Waals surface area contributed by atoms with Gasteiger partial charge in [0.25, 0.3) is 11.5 Å². The Morgan fingerprint density at radius 1 is 1.23 bits per heavy atom. The molecule has 160 valence electrons. The van der Waals surface area contributed by atoms with Crippen molar-refractivity contribution in [3.63, 3.8) is 0 Å². The van der Waals surface area contributed by atoms with Crippen molar-refractivity contribution in [2.75, 3.05) is 13.1 Å². The first-order valence-electron chi connectivity index (χ1n) is 10.7. The van der Waals surface area contributed by atoms with Gasteiger partial charge in [-0.3, -0.25) is 9.59 Å². The van der Waals surface area contributed by atoms with Gasteiger partial charge in [-0.25, -0.2) is 4.39 Å². The Bertz CT molecular complexity index is 989. The van der Waals surface area contributed by atoms with Crippen LogP contribution in [0.25, 0.3) is 0 Å². The van der Waals surface area contributed by atoms with Gasteiger partial charge >= 0.3 is 0 Å². The third-order valence-electron chi connectivity index (χ3n) is 6.65. The summed E-state index contributed by atoms with van der Waals surface area (Å²) < 4.78 is 13.1. The van der Waals surface area contributed by atoms with Crippen LogP contribution >= 0.6 is 0 Å². The summed E-state index contributed by atoms with van der Waals surface area (Å²) in [5.41, 5.74) is 2.78. The lowest BCUT2D eigenvalue weighted by atomic mass is 9.76. The van der Waals surface area contributed by atoms with Crippen LogP contribution in [0.4, 0.5) is 4.39 Å². The Morgan fingerprint density at radius 3 is 2.57 bits per heavy atom. The molecular formula is C24H29FN2O3. The van der Waals surface area contributed by atoms with Crippen molar-refractivity contribution < 1.29 is 14.3 Å². The topological polar surface area (TPSA) is 73.4 Å². The van der Waals surface area contributed by atoms with E-state index in [1.807, 2.05) is 0 Å². The van der Waals surface area contributed by atoms with Crippen molar-refractivity contribution >= 4 is 5.91 Å². The van der Waals surface area contributed by atoms with Crippen molar-refractivity contribution in [3.8, 4) is 0 Å². The lowest BCUT2D eigenvalue weighted by Crippen LogP contribution is -2.42. The van der Waals surface area contributed by atoms with Gasteiger partial charge in [0.2, 0.25) is 0 Å². The van der Waals surface area contributed by atoms with Crippen LogP contribution in [-0.4, -0.2) is 34.0 Å². The molecule has 1 amide bonds. The van der Waals surface area contributed by atoms with Gasteiger partial charge in [0.15, 0.2) is 0 Å². The highest BCUT2D eigenvalue weighted by molar-refractivity contribution is 5.94. The maximum atomic E-state index is 13.1. The highest BCUT2D eigenvalue weighted by Crippen LogP contribution is 2.34. The third-order valence-corrected chi connectivity index (χ3v) is 6.65. The molecule has 30 heavy (non-hydrogen) atoms. The molecule has 1 saturated heterocycles. The lowest BCUT2D eigenvalue weighted by molar-refractivity contribution is 0.0460. The Hall–Kier alpha value is -2.47. The molecule has 1 aromatic carbocycles. The number of aliphatic hydroxyl groups is 1. The van der Waals surface area contributed by atoms with Crippen LogP contribution in [0.5, 0.6) is 0 Å². The summed E-state index contributed by atoms with van der Waals surface area (Å²) in [7, 11) is 0. The predicted octanol–water partition coefficient (Wildman–Crippen LogP) is 3.61. The number of piperidine rings is 1. The van der Waals surface area contributed by atoms with Crippen molar-refractivity contribution in [2.24, 2.45) is 11.3 Å². The average molecular weight is 413 g/mol. The number of aliphatic hydroxyl groups excluding tert-OH is 1. The van der Waals surface area contributed by atoms with E-state index in [4.69, 9.17) is 0 Å². The van der Waals surface area contributed by atoms with Crippen LogP contribution in [0.2, 0.25) is 0 Å². The van der Waals surface area contributed by atoms with Crippen LogP contribution in [-0.2, 0) is 12.8 Å². The first kappa shape index (κ1) is 20.8. The number of nitrogens with one attached hydrogen (secondary N) is 1. The molecule has 4 rings (SSSR count). The molecule has 2 aliphatic rings. The van der Waals surface area contributed by atoms with E-state index in [0.717, 1.165) is 30.5 Å². The molecule has 0 spiro atoms. The predicted molar refractivity (Wildman–Crippen MR) is 113 cm³/mol. The van der Waals surface area contributed by atoms with E-state index in [1.54, 1.807) is 23.1 Å². The molecule has 6 heteroatoms. The lowest BCUT2D eigenvalue weighted by Gasteiger charge is -2.35. The molecule has 1 aliphatic carbocycles. The number of aromatic nitrogens is 1. The van der Waals surface area contributed by atoms with E-state index in [9.17, 15) is 19.1 Å². The van der Waals surface area contributed by atoms with Gasteiger partial charge in [-0.05, 0) is 72.8 Å². The number of H-pyrrole nitrogens is 1. The highest BCUT2D eigenvalue weighted by Gasteiger charge is 2.31. The summed E-state index contributed by atoms with van der Waals surface area (Å²) in [5, 5.41) is 10.6. The standard InChI is InChI=1S/C24H29FN2O3/c1-24(2)10-7-20-17(14-24)13-19(22(29)26-20)23(30)27-11-8-16(9-12-27)21(28)15-3-5-18(25)6-4-15/h3-6,13,16,21,28H,7-12,14H2,1-2H3,(H,26,29). The molecule has 0 radical (unpaired) electrons. The molecule has 1 unspecified atom stereocenters. The number of amides is 1. The van der Waals surface area contributed by atoms with E-state index >= 15 is 0 Å². The maximum absolute atomic E-state index is 13.1. The maximum Gasteiger partial charge on any atom is 0.261 e. The average Bonchev–Trinajstić information content (AvgIpc) is 2.73. The van der Waals surface area contributed by atoms with Crippen molar-refractivity contribution in [1.82, 2.24) is 9.88 Å². The fourth-order valence-electron chi connectivity index (χ4n) is 4.74. The Kier molecular flexibility index (Phi) is 5.53. The summed E-state index contributed by atoms with van der Waals surface area (Å²) in [6, 6.07) is 7.69. The summed E-state index contributed by atoms with van der Waals surface area (Å²) in [6.45, 7) is 5.40. The number of pyridine rings is 1. The summed E-state index contributed by atoms with van der Waals surface area (Å²) >= 11 is 0. The minimum absolute atomic E-state index is 0.00197. The van der Waals surface area contributed by atoms with Crippen LogP contribution < -0.4 is 5.56 Å². The Morgan fingerprint density at radius 2 is 1.90 bits per heavy atom. The monoisotopic (exact) mass is 412 g/mol. The van der Waals surface area contributed by atoms with E-state index in [1.165, 1.54) is 12.1 Å². The second kappa shape index (κ2) is 7.99. The largest absolute Gasteiger partial charge is 0.388 e. The zero-order valence-corrected chi connectivity index (χ0v) is 17.6. The van der Waals surface area contributed by atoms with Crippen molar-refractivity contribution in [1.29, 1.82) is 0 Å². The van der Waals surface area contributed by atoms with Crippen LogP contribution in [0.15, 0.2) is 35.1 Å². The number of fused-ring (bicyclic) bond motifs is 1. The summed E-state index contributed by atoms with van der Waals surface area (Å²) in [5.74, 6) is -0.565. The fourth-order valence-corrected chi connectivity index (χ4v) is 4.74. The molecule has 0 bridgehead atoms. The molecule has 1 atom stereocenters. The van der Waals surface area contributed by atoms with Gasteiger partial charge in [0, 0.05) is 18.8 Å². The normalized spacial score (nSPS) is 19.9. The molecule has 2 heterocycles. The molecule has 0 saturated carbocycles. The van der Waals surface area contributed by atoms with Gasteiger partial charge in [-0.2, -0.15) is 0 Å². The second-order valence-corrected chi connectivity index (χ2v) is 9.48. The fraction of sp³-hybridized carbons (Fsp3) is 0.500. The molecule has 1 aliphatic heterocycles. The molecule has 1 fully saturated rings. The van der Waals surface area contributed by atoms with Gasteiger partial charge in [0.05, 0.1) is 6.10 Å². The number of carbonyl (C=O) groups excluding carboxylic acids is 1. The first-order chi connectivity index (χ1) is 14.2. The Labute approximate surface area is 175 Å². The quantitative estimate of drug-likeness (QED) is 0.809. The van der Waals surface area contributed by atoms with Crippen LogP contribution in [0, 0.1) is 17.2 Å². The van der Waals surface area contributed by atoms with Gasteiger partial charge in [0.1, 0.15) is 11.4 Å². The number of halogens is 1. The third kappa shape index (κ3) is 4.19. The number of benzene rings is 1. The van der Waals surface area contributed by atoms with Gasteiger partial charge in [-0.1, -0.05) is 26.0 Å². The molecule has 1 aromatic heterocycles. The van der Waals surface area contributed by atoms with E-state index in [-0.39, 0.29) is 34.2 Å². The molecule has 5 nitrogen and oxygen atoms in total.